The van der Waals surface area contributed by atoms with Crippen LogP contribution < -0.4 is 4.74 Å². The van der Waals surface area contributed by atoms with E-state index in [9.17, 15) is 4.79 Å². The molecule has 5 heteroatoms. The molecule has 1 saturated heterocycles. The van der Waals surface area contributed by atoms with E-state index >= 15 is 0 Å². The molecule has 1 aromatic heterocycles. The minimum absolute atomic E-state index is 0.0178. The fourth-order valence-corrected chi connectivity index (χ4v) is 2.69. The van der Waals surface area contributed by atoms with Crippen LogP contribution in [0.4, 0.5) is 0 Å². The number of likely N-dealkylation sites (N-methyl/N-ethyl adjacent to an activating group) is 1. The van der Waals surface area contributed by atoms with Crippen molar-refractivity contribution in [3.8, 4) is 5.75 Å². The van der Waals surface area contributed by atoms with Crippen LogP contribution in [0.25, 0.3) is 11.0 Å². The Bertz CT molecular complexity index is 669. The molecule has 0 radical (unpaired) electrons. The first-order valence-corrected chi connectivity index (χ1v) is 7.15. The van der Waals surface area contributed by atoms with E-state index in [0.717, 1.165) is 42.9 Å². The quantitative estimate of drug-likeness (QED) is 0.849. The zero-order valence-electron chi connectivity index (χ0n) is 12.7. The largest absolute Gasteiger partial charge is 0.497 e. The van der Waals surface area contributed by atoms with Crippen molar-refractivity contribution in [3.63, 3.8) is 0 Å². The highest BCUT2D eigenvalue weighted by molar-refractivity contribution is 5.99. The van der Waals surface area contributed by atoms with Crippen molar-refractivity contribution in [1.29, 1.82) is 0 Å². The van der Waals surface area contributed by atoms with E-state index < -0.39 is 0 Å². The Morgan fingerprint density at radius 2 is 1.95 bits per heavy atom. The SMILES string of the molecule is COc1ccc2c(C)c(C(=O)N3CCN(C)CC3)oc2c1. The van der Waals surface area contributed by atoms with Gasteiger partial charge in [-0.1, -0.05) is 0 Å². The van der Waals surface area contributed by atoms with Gasteiger partial charge in [-0.25, -0.2) is 0 Å². The Balaban J connectivity index is 1.92. The van der Waals surface area contributed by atoms with Crippen molar-refractivity contribution in [2.45, 2.75) is 6.92 Å². The molecular formula is C16H20N2O3. The molecule has 5 nitrogen and oxygen atoms in total. The maximum atomic E-state index is 12.6. The van der Waals surface area contributed by atoms with Crippen molar-refractivity contribution >= 4 is 16.9 Å². The molecule has 0 aliphatic carbocycles. The van der Waals surface area contributed by atoms with Crippen molar-refractivity contribution in [2.24, 2.45) is 0 Å². The van der Waals surface area contributed by atoms with Crippen LogP contribution in [0.1, 0.15) is 16.1 Å². The zero-order chi connectivity index (χ0) is 15.0. The average Bonchev–Trinajstić information content (AvgIpc) is 2.83. The maximum absolute atomic E-state index is 12.6. The first-order chi connectivity index (χ1) is 10.1. The summed E-state index contributed by atoms with van der Waals surface area (Å²) in [5.74, 6) is 1.16. The number of piperazine rings is 1. The van der Waals surface area contributed by atoms with Gasteiger partial charge in [0.2, 0.25) is 0 Å². The van der Waals surface area contributed by atoms with Crippen molar-refractivity contribution in [1.82, 2.24) is 9.80 Å². The Morgan fingerprint density at radius 3 is 2.62 bits per heavy atom. The molecule has 0 bridgehead atoms. The number of nitrogens with zero attached hydrogens (tertiary/aromatic N) is 2. The monoisotopic (exact) mass is 288 g/mol. The molecule has 2 heterocycles. The fraction of sp³-hybridized carbons (Fsp3) is 0.438. The third-order valence-corrected chi connectivity index (χ3v) is 4.13. The van der Waals surface area contributed by atoms with Crippen LogP contribution in [0.5, 0.6) is 5.75 Å². The predicted octanol–water partition coefficient (Wildman–Crippen LogP) is 2.14. The normalized spacial score (nSPS) is 16.4. The molecule has 0 atom stereocenters. The van der Waals surface area contributed by atoms with Crippen LogP contribution in [0, 0.1) is 6.92 Å². The molecule has 0 spiro atoms. The minimum Gasteiger partial charge on any atom is -0.497 e. The number of fused-ring (bicyclic) bond motifs is 1. The van der Waals surface area contributed by atoms with Gasteiger partial charge in [-0.3, -0.25) is 4.79 Å². The molecule has 0 saturated carbocycles. The van der Waals surface area contributed by atoms with E-state index in [-0.39, 0.29) is 5.91 Å². The first-order valence-electron chi connectivity index (χ1n) is 7.15. The van der Waals surface area contributed by atoms with E-state index in [2.05, 4.69) is 11.9 Å². The van der Waals surface area contributed by atoms with E-state index in [1.165, 1.54) is 0 Å². The molecule has 1 aromatic carbocycles. The number of ether oxygens (including phenoxy) is 1. The summed E-state index contributed by atoms with van der Waals surface area (Å²) in [5.41, 5.74) is 1.60. The van der Waals surface area contributed by atoms with E-state index in [4.69, 9.17) is 9.15 Å². The highest BCUT2D eigenvalue weighted by Gasteiger charge is 2.25. The van der Waals surface area contributed by atoms with Crippen LogP contribution in [-0.2, 0) is 0 Å². The van der Waals surface area contributed by atoms with Crippen LogP contribution >= 0.6 is 0 Å². The van der Waals surface area contributed by atoms with Gasteiger partial charge in [0.25, 0.3) is 5.91 Å². The molecule has 0 unspecified atom stereocenters. The summed E-state index contributed by atoms with van der Waals surface area (Å²) in [5, 5.41) is 0.966. The lowest BCUT2D eigenvalue weighted by Gasteiger charge is -2.31. The highest BCUT2D eigenvalue weighted by atomic mass is 16.5. The topological polar surface area (TPSA) is 45.9 Å². The third kappa shape index (κ3) is 2.49. The number of carbonyl (C=O) groups excluding carboxylic acids is 1. The number of aryl methyl sites for hydroxylation is 1. The van der Waals surface area contributed by atoms with Crippen LogP contribution in [0.3, 0.4) is 0 Å². The van der Waals surface area contributed by atoms with Crippen molar-refractivity contribution < 1.29 is 13.9 Å². The van der Waals surface area contributed by atoms with E-state index in [0.29, 0.717) is 11.3 Å². The van der Waals surface area contributed by atoms with Crippen LogP contribution in [-0.4, -0.2) is 56.0 Å². The molecule has 1 fully saturated rings. The second kappa shape index (κ2) is 5.41. The minimum atomic E-state index is -0.0178. The summed E-state index contributed by atoms with van der Waals surface area (Å²) in [6, 6.07) is 5.64. The summed E-state index contributed by atoms with van der Waals surface area (Å²) in [6.45, 7) is 5.23. The lowest BCUT2D eigenvalue weighted by Crippen LogP contribution is -2.47. The summed E-state index contributed by atoms with van der Waals surface area (Å²) >= 11 is 0. The molecule has 1 amide bonds. The Morgan fingerprint density at radius 1 is 1.24 bits per heavy atom. The Hall–Kier alpha value is -2.01. The molecule has 21 heavy (non-hydrogen) atoms. The Kier molecular flexibility index (Phi) is 3.59. The molecule has 0 N–H and O–H groups in total. The maximum Gasteiger partial charge on any atom is 0.289 e. The molecule has 1 aliphatic rings. The number of benzene rings is 1. The van der Waals surface area contributed by atoms with Gasteiger partial charge < -0.3 is 19.0 Å². The second-order valence-electron chi connectivity index (χ2n) is 5.51. The van der Waals surface area contributed by atoms with Crippen molar-refractivity contribution in [3.05, 3.63) is 29.5 Å². The second-order valence-corrected chi connectivity index (χ2v) is 5.51. The third-order valence-electron chi connectivity index (χ3n) is 4.13. The van der Waals surface area contributed by atoms with E-state index in [1.54, 1.807) is 7.11 Å². The van der Waals surface area contributed by atoms with Gasteiger partial charge in [-0.05, 0) is 26.1 Å². The van der Waals surface area contributed by atoms with Gasteiger partial charge in [0.1, 0.15) is 11.3 Å². The number of amides is 1. The smallest absolute Gasteiger partial charge is 0.289 e. The molecule has 2 aromatic rings. The Labute approximate surface area is 124 Å². The number of hydrogen-bond acceptors (Lipinski definition) is 4. The van der Waals surface area contributed by atoms with Gasteiger partial charge in [0.05, 0.1) is 7.11 Å². The number of carbonyl (C=O) groups is 1. The van der Waals surface area contributed by atoms with E-state index in [1.807, 2.05) is 30.0 Å². The molecular weight excluding hydrogens is 268 g/mol. The number of methoxy groups -OCH3 is 1. The van der Waals surface area contributed by atoms with Gasteiger partial charge in [0, 0.05) is 43.2 Å². The van der Waals surface area contributed by atoms with Crippen LogP contribution in [0.2, 0.25) is 0 Å². The standard InChI is InChI=1S/C16H20N2O3/c1-11-13-5-4-12(20-3)10-14(13)21-15(11)16(19)18-8-6-17(2)7-9-18/h4-5,10H,6-9H2,1-3H3. The first kappa shape index (κ1) is 13.9. The fourth-order valence-electron chi connectivity index (χ4n) is 2.69. The van der Waals surface area contributed by atoms with Gasteiger partial charge in [-0.2, -0.15) is 0 Å². The van der Waals surface area contributed by atoms with Gasteiger partial charge in [0.15, 0.2) is 5.76 Å². The van der Waals surface area contributed by atoms with Crippen molar-refractivity contribution in [2.75, 3.05) is 40.3 Å². The summed E-state index contributed by atoms with van der Waals surface area (Å²) in [7, 11) is 3.69. The van der Waals surface area contributed by atoms with Gasteiger partial charge >= 0.3 is 0 Å². The lowest BCUT2D eigenvalue weighted by molar-refractivity contribution is 0.0634. The number of rotatable bonds is 2. The summed E-state index contributed by atoms with van der Waals surface area (Å²) in [4.78, 5) is 16.7. The molecule has 3 rings (SSSR count). The molecule has 112 valence electrons. The summed E-state index contributed by atoms with van der Waals surface area (Å²) in [6.07, 6.45) is 0. The number of hydrogen-bond donors (Lipinski definition) is 0. The zero-order valence-corrected chi connectivity index (χ0v) is 12.7. The predicted molar refractivity (Wildman–Crippen MR) is 80.9 cm³/mol. The summed E-state index contributed by atoms with van der Waals surface area (Å²) < 4.78 is 11.0. The van der Waals surface area contributed by atoms with Gasteiger partial charge in [-0.15, -0.1) is 0 Å². The lowest BCUT2D eigenvalue weighted by atomic mass is 10.1. The average molecular weight is 288 g/mol. The number of furan rings is 1. The highest BCUT2D eigenvalue weighted by Crippen LogP contribution is 2.29. The molecule has 1 aliphatic heterocycles. The van der Waals surface area contributed by atoms with Crippen LogP contribution in [0.15, 0.2) is 22.6 Å².